The fourth-order valence-electron chi connectivity index (χ4n) is 1.51. The molecule has 0 aromatic heterocycles. The number of carboxylic acids is 1. The Balaban J connectivity index is 2.12. The highest BCUT2D eigenvalue weighted by atomic mass is 79.9. The quantitative estimate of drug-likeness (QED) is 0.927. The minimum Gasteiger partial charge on any atom is -0.487 e. The highest BCUT2D eigenvalue weighted by Gasteiger charge is 2.18. The van der Waals surface area contributed by atoms with Crippen molar-refractivity contribution in [3.63, 3.8) is 0 Å². The third kappa shape index (κ3) is 2.54. The van der Waals surface area contributed by atoms with Crippen LogP contribution in [0.1, 0.15) is 16.8 Å². The van der Waals surface area contributed by atoms with E-state index in [-0.39, 0.29) is 11.7 Å². The van der Waals surface area contributed by atoms with Crippen molar-refractivity contribution >= 4 is 21.9 Å². The number of aromatic carboxylic acids is 1. The van der Waals surface area contributed by atoms with Crippen molar-refractivity contribution < 1.29 is 19.4 Å². The summed E-state index contributed by atoms with van der Waals surface area (Å²) in [7, 11) is 0. The molecule has 1 aromatic rings. The third-order valence-electron chi connectivity index (χ3n) is 2.36. The second kappa shape index (κ2) is 4.84. The second-order valence-corrected chi connectivity index (χ2v) is 4.41. The maximum absolute atomic E-state index is 10.7. The van der Waals surface area contributed by atoms with Crippen molar-refractivity contribution in [2.75, 3.05) is 13.2 Å². The molecule has 0 unspecified atom stereocenters. The minimum absolute atomic E-state index is 0.0620. The molecule has 4 nitrogen and oxygen atoms in total. The van der Waals surface area contributed by atoms with Gasteiger partial charge in [-0.1, -0.05) is 0 Å². The van der Waals surface area contributed by atoms with Gasteiger partial charge in [-0.05, 0) is 34.1 Å². The number of halogens is 1. The van der Waals surface area contributed by atoms with E-state index in [0.29, 0.717) is 16.8 Å². The molecule has 1 aromatic carbocycles. The molecule has 0 aliphatic carbocycles. The molecule has 0 bridgehead atoms. The van der Waals surface area contributed by atoms with Crippen molar-refractivity contribution in [3.8, 4) is 5.75 Å². The highest BCUT2D eigenvalue weighted by molar-refractivity contribution is 9.10. The molecule has 1 aliphatic rings. The summed E-state index contributed by atoms with van der Waals surface area (Å²) >= 11 is 3.29. The molecule has 0 radical (unpaired) electrons. The molecule has 0 amide bonds. The summed E-state index contributed by atoms with van der Waals surface area (Å²) in [5.41, 5.74) is 0.238. The topological polar surface area (TPSA) is 55.8 Å². The first-order valence-electron chi connectivity index (χ1n) is 4.94. The fourth-order valence-corrected chi connectivity index (χ4v) is 1.99. The number of hydrogen-bond donors (Lipinski definition) is 1. The molecule has 1 aliphatic heterocycles. The molecule has 86 valence electrons. The summed E-state index contributed by atoms with van der Waals surface area (Å²) in [6.07, 6.45) is 0.930. The summed E-state index contributed by atoms with van der Waals surface area (Å²) < 4.78 is 11.5. The largest absolute Gasteiger partial charge is 0.487 e. The molecule has 1 fully saturated rings. The number of benzene rings is 1. The van der Waals surface area contributed by atoms with Gasteiger partial charge in [0.25, 0.3) is 0 Å². The lowest BCUT2D eigenvalue weighted by molar-refractivity contribution is 0.0696. The van der Waals surface area contributed by atoms with Crippen LogP contribution in [-0.4, -0.2) is 30.4 Å². The molecule has 0 saturated carbocycles. The van der Waals surface area contributed by atoms with Gasteiger partial charge >= 0.3 is 5.97 Å². The molecule has 2 rings (SSSR count). The summed E-state index contributed by atoms with van der Waals surface area (Å²) in [5, 5.41) is 8.80. The van der Waals surface area contributed by atoms with E-state index in [1.807, 2.05) is 0 Å². The van der Waals surface area contributed by atoms with Gasteiger partial charge in [0.2, 0.25) is 0 Å². The second-order valence-electron chi connectivity index (χ2n) is 3.55. The Morgan fingerprint density at radius 2 is 2.38 bits per heavy atom. The molecule has 1 atom stereocenters. The normalized spacial score (nSPS) is 19.7. The zero-order valence-corrected chi connectivity index (χ0v) is 10.1. The monoisotopic (exact) mass is 286 g/mol. The Hall–Kier alpha value is -1.07. The first-order chi connectivity index (χ1) is 7.66. The van der Waals surface area contributed by atoms with Gasteiger partial charge in [0.1, 0.15) is 11.9 Å². The zero-order chi connectivity index (χ0) is 11.5. The van der Waals surface area contributed by atoms with Crippen molar-refractivity contribution in [2.45, 2.75) is 12.5 Å². The molecule has 1 saturated heterocycles. The Morgan fingerprint density at radius 3 is 2.94 bits per heavy atom. The fraction of sp³-hybridized carbons (Fsp3) is 0.364. The number of hydrogen-bond acceptors (Lipinski definition) is 3. The molecular weight excluding hydrogens is 276 g/mol. The first-order valence-corrected chi connectivity index (χ1v) is 5.73. The van der Waals surface area contributed by atoms with Gasteiger partial charge in [-0.15, -0.1) is 0 Å². The van der Waals surface area contributed by atoms with Crippen LogP contribution in [0, 0.1) is 0 Å². The van der Waals surface area contributed by atoms with Gasteiger partial charge in [0.15, 0.2) is 0 Å². The maximum Gasteiger partial charge on any atom is 0.335 e. The van der Waals surface area contributed by atoms with Gasteiger partial charge in [-0.25, -0.2) is 4.79 Å². The van der Waals surface area contributed by atoms with Crippen LogP contribution in [0.5, 0.6) is 5.75 Å². The van der Waals surface area contributed by atoms with Gasteiger partial charge in [-0.3, -0.25) is 0 Å². The summed E-state index contributed by atoms with van der Waals surface area (Å²) in [6.45, 7) is 1.31. The number of ether oxygens (including phenoxy) is 2. The van der Waals surface area contributed by atoms with Crippen LogP contribution < -0.4 is 4.74 Å². The van der Waals surface area contributed by atoms with Crippen LogP contribution >= 0.6 is 15.9 Å². The highest BCUT2D eigenvalue weighted by Crippen LogP contribution is 2.28. The predicted molar refractivity (Wildman–Crippen MR) is 61.0 cm³/mol. The summed E-state index contributed by atoms with van der Waals surface area (Å²) in [5.74, 6) is -0.294. The Kier molecular flexibility index (Phi) is 3.46. The molecule has 16 heavy (non-hydrogen) atoms. The van der Waals surface area contributed by atoms with Gasteiger partial charge in [0, 0.05) is 6.42 Å². The Morgan fingerprint density at radius 1 is 1.56 bits per heavy atom. The van der Waals surface area contributed by atoms with Gasteiger partial charge in [0.05, 0.1) is 23.2 Å². The maximum atomic E-state index is 10.7. The third-order valence-corrected chi connectivity index (χ3v) is 2.98. The molecular formula is C11H11BrO4. The van der Waals surface area contributed by atoms with E-state index in [0.717, 1.165) is 13.0 Å². The Labute approximate surface area is 101 Å². The van der Waals surface area contributed by atoms with Crippen LogP contribution in [0.15, 0.2) is 22.7 Å². The van der Waals surface area contributed by atoms with E-state index in [2.05, 4.69) is 15.9 Å². The van der Waals surface area contributed by atoms with Crippen LogP contribution in [-0.2, 0) is 4.74 Å². The van der Waals surface area contributed by atoms with E-state index in [4.69, 9.17) is 14.6 Å². The predicted octanol–water partition coefficient (Wildman–Crippen LogP) is 2.32. The zero-order valence-electron chi connectivity index (χ0n) is 8.48. The SMILES string of the molecule is O=C(O)c1ccc(O[C@@H]2CCOC2)c(Br)c1. The van der Waals surface area contributed by atoms with Crippen molar-refractivity contribution in [1.82, 2.24) is 0 Å². The molecule has 0 spiro atoms. The Bertz CT molecular complexity index is 399. The van der Waals surface area contributed by atoms with Crippen LogP contribution in [0.25, 0.3) is 0 Å². The number of rotatable bonds is 3. The van der Waals surface area contributed by atoms with Gasteiger partial charge in [-0.2, -0.15) is 0 Å². The standard InChI is InChI=1S/C11H11BrO4/c12-9-5-7(11(13)14)1-2-10(9)16-8-3-4-15-6-8/h1-2,5,8H,3-4,6H2,(H,13,14)/t8-/m1/s1. The van der Waals surface area contributed by atoms with E-state index in [1.54, 1.807) is 6.07 Å². The van der Waals surface area contributed by atoms with E-state index >= 15 is 0 Å². The van der Waals surface area contributed by atoms with Crippen LogP contribution in [0.3, 0.4) is 0 Å². The lowest BCUT2D eigenvalue weighted by atomic mass is 10.2. The summed E-state index contributed by atoms with van der Waals surface area (Å²) in [6, 6.07) is 4.72. The summed E-state index contributed by atoms with van der Waals surface area (Å²) in [4.78, 5) is 10.7. The van der Waals surface area contributed by atoms with Crippen molar-refractivity contribution in [1.29, 1.82) is 0 Å². The lowest BCUT2D eigenvalue weighted by Gasteiger charge is -2.13. The first kappa shape index (κ1) is 11.4. The minimum atomic E-state index is -0.948. The van der Waals surface area contributed by atoms with Crippen LogP contribution in [0.4, 0.5) is 0 Å². The van der Waals surface area contributed by atoms with Crippen LogP contribution in [0.2, 0.25) is 0 Å². The van der Waals surface area contributed by atoms with Crippen molar-refractivity contribution in [2.24, 2.45) is 0 Å². The lowest BCUT2D eigenvalue weighted by Crippen LogP contribution is -2.16. The number of carbonyl (C=O) groups is 1. The van der Waals surface area contributed by atoms with E-state index < -0.39 is 5.97 Å². The molecule has 1 heterocycles. The van der Waals surface area contributed by atoms with E-state index in [9.17, 15) is 4.79 Å². The number of carboxylic acid groups (broad SMARTS) is 1. The molecule has 1 N–H and O–H groups in total. The van der Waals surface area contributed by atoms with Gasteiger partial charge < -0.3 is 14.6 Å². The average molecular weight is 287 g/mol. The van der Waals surface area contributed by atoms with E-state index in [1.165, 1.54) is 12.1 Å². The average Bonchev–Trinajstić information content (AvgIpc) is 2.73. The van der Waals surface area contributed by atoms with Crippen molar-refractivity contribution in [3.05, 3.63) is 28.2 Å². The molecule has 5 heteroatoms. The smallest absolute Gasteiger partial charge is 0.335 e.